The number of halogens is 3. The molecule has 0 fully saturated rings. The average Bonchev–Trinajstić information content (AvgIpc) is 2.68. The number of nitrogens with one attached hydrogen (secondary N) is 1. The van der Waals surface area contributed by atoms with Gasteiger partial charge in [0, 0.05) is 16.7 Å². The molecular formula is C21H19F3NOP. The Bertz CT molecular complexity index is 882. The molecule has 3 rings (SSSR count). The number of rotatable bonds is 5. The lowest BCUT2D eigenvalue weighted by Crippen LogP contribution is -2.29. The zero-order chi connectivity index (χ0) is 19.5. The smallest absolute Gasteiger partial charge is 0.297 e. The van der Waals surface area contributed by atoms with Crippen LogP contribution in [0.25, 0.3) is 0 Å². The Kier molecular flexibility index (Phi) is 5.54. The quantitative estimate of drug-likeness (QED) is 0.601. The molecule has 0 saturated carbocycles. The molecule has 140 valence electrons. The Morgan fingerprint density at radius 1 is 0.778 bits per heavy atom. The first-order chi connectivity index (χ1) is 12.8. The minimum atomic E-state index is -4.38. The number of alkyl halides is 3. The summed E-state index contributed by atoms with van der Waals surface area (Å²) in [5, 5.41) is 4.47. The maximum absolute atomic E-state index is 13.9. The Labute approximate surface area is 156 Å². The minimum Gasteiger partial charge on any atom is -0.297 e. The molecule has 0 aliphatic rings. The second-order valence-electron chi connectivity index (χ2n) is 6.25. The van der Waals surface area contributed by atoms with Gasteiger partial charge in [0.1, 0.15) is 0 Å². The van der Waals surface area contributed by atoms with E-state index in [1.165, 1.54) is 12.1 Å². The molecule has 0 bridgehead atoms. The lowest BCUT2D eigenvalue weighted by Gasteiger charge is -2.25. The van der Waals surface area contributed by atoms with Gasteiger partial charge < -0.3 is 0 Å². The highest BCUT2D eigenvalue weighted by atomic mass is 31.2. The Balaban J connectivity index is 1.94. The zero-order valence-electron chi connectivity index (χ0n) is 14.6. The molecule has 3 aromatic rings. The summed E-state index contributed by atoms with van der Waals surface area (Å²) in [5.41, 5.74) is -0.0668. The molecule has 0 heterocycles. The van der Waals surface area contributed by atoms with Crippen LogP contribution in [-0.4, -0.2) is 0 Å². The van der Waals surface area contributed by atoms with Gasteiger partial charge in [0.2, 0.25) is 7.29 Å². The number of hydrogen-bond donors (Lipinski definition) is 1. The summed E-state index contributed by atoms with van der Waals surface area (Å²) in [5.74, 6) is 0. The lowest BCUT2D eigenvalue weighted by molar-refractivity contribution is -0.137. The summed E-state index contributed by atoms with van der Waals surface area (Å²) in [6.45, 7) is 1.79. The van der Waals surface area contributed by atoms with Crippen LogP contribution in [0.15, 0.2) is 84.9 Å². The van der Waals surface area contributed by atoms with E-state index >= 15 is 0 Å². The first-order valence-corrected chi connectivity index (χ1v) is 10.2. The lowest BCUT2D eigenvalue weighted by atomic mass is 10.1. The van der Waals surface area contributed by atoms with E-state index in [1.807, 2.05) is 36.4 Å². The number of hydrogen-bond acceptors (Lipinski definition) is 1. The van der Waals surface area contributed by atoms with E-state index in [2.05, 4.69) is 5.09 Å². The van der Waals surface area contributed by atoms with Crippen LogP contribution >= 0.6 is 7.29 Å². The van der Waals surface area contributed by atoms with Crippen molar-refractivity contribution in [3.63, 3.8) is 0 Å². The van der Waals surface area contributed by atoms with Crippen molar-refractivity contribution in [3.8, 4) is 0 Å². The molecule has 1 N–H and O–H groups in total. The largest absolute Gasteiger partial charge is 0.416 e. The number of benzene rings is 3. The second-order valence-corrected chi connectivity index (χ2v) is 8.76. The van der Waals surface area contributed by atoms with E-state index < -0.39 is 25.1 Å². The van der Waals surface area contributed by atoms with Crippen LogP contribution in [-0.2, 0) is 10.7 Å². The first kappa shape index (κ1) is 19.4. The third kappa shape index (κ3) is 4.32. The van der Waals surface area contributed by atoms with Gasteiger partial charge >= 0.3 is 6.18 Å². The van der Waals surface area contributed by atoms with Crippen LogP contribution in [0.4, 0.5) is 13.2 Å². The monoisotopic (exact) mass is 389 g/mol. The summed E-state index contributed by atoms with van der Waals surface area (Å²) >= 11 is 0. The molecular weight excluding hydrogens is 370 g/mol. The summed E-state index contributed by atoms with van der Waals surface area (Å²) in [7, 11) is -3.16. The topological polar surface area (TPSA) is 29.1 Å². The van der Waals surface area contributed by atoms with Gasteiger partial charge in [-0.05, 0) is 48.9 Å². The molecule has 3 aromatic carbocycles. The van der Waals surface area contributed by atoms with Gasteiger partial charge in [-0.15, -0.1) is 0 Å². The third-order valence-corrected chi connectivity index (χ3v) is 7.15. The Morgan fingerprint density at radius 3 is 1.63 bits per heavy atom. The molecule has 2 nitrogen and oxygen atoms in total. The molecule has 0 saturated heterocycles. The average molecular weight is 389 g/mol. The Hall–Kier alpha value is -2.36. The van der Waals surface area contributed by atoms with E-state index in [-0.39, 0.29) is 0 Å². The van der Waals surface area contributed by atoms with Crippen molar-refractivity contribution < 1.29 is 17.7 Å². The Morgan fingerprint density at radius 2 is 1.22 bits per heavy atom. The van der Waals surface area contributed by atoms with Crippen molar-refractivity contribution in [2.75, 3.05) is 0 Å². The van der Waals surface area contributed by atoms with E-state index in [9.17, 15) is 17.7 Å². The van der Waals surface area contributed by atoms with Crippen molar-refractivity contribution in [2.24, 2.45) is 0 Å². The van der Waals surface area contributed by atoms with Gasteiger partial charge in [-0.1, -0.05) is 48.5 Å². The van der Waals surface area contributed by atoms with Crippen molar-refractivity contribution in [1.82, 2.24) is 5.09 Å². The first-order valence-electron chi connectivity index (χ1n) is 8.47. The molecule has 0 spiro atoms. The van der Waals surface area contributed by atoms with Gasteiger partial charge in [0.05, 0.1) is 5.56 Å². The van der Waals surface area contributed by atoms with Crippen LogP contribution in [0.2, 0.25) is 0 Å². The van der Waals surface area contributed by atoms with Gasteiger partial charge in [-0.3, -0.25) is 9.65 Å². The molecule has 1 atom stereocenters. The fourth-order valence-corrected chi connectivity index (χ4v) is 5.36. The van der Waals surface area contributed by atoms with E-state index in [1.54, 1.807) is 31.2 Å². The maximum Gasteiger partial charge on any atom is 0.416 e. The molecule has 0 aromatic heterocycles. The predicted molar refractivity (Wildman–Crippen MR) is 103 cm³/mol. The fraction of sp³-hybridized carbons (Fsp3) is 0.143. The van der Waals surface area contributed by atoms with Crippen molar-refractivity contribution in [3.05, 3.63) is 96.1 Å². The SMILES string of the molecule is C[C@H](NP(=O)(c1ccccc1)c1ccccc1)c1ccc(C(F)(F)F)cc1. The summed E-state index contributed by atoms with van der Waals surface area (Å²) in [6, 6.07) is 22.6. The van der Waals surface area contributed by atoms with Gasteiger partial charge in [0.15, 0.2) is 0 Å². The molecule has 0 radical (unpaired) electrons. The summed E-state index contributed by atoms with van der Waals surface area (Å²) in [6.07, 6.45) is -4.38. The highest BCUT2D eigenvalue weighted by Crippen LogP contribution is 2.41. The van der Waals surface area contributed by atoms with Crippen LogP contribution in [0.5, 0.6) is 0 Å². The molecule has 0 unspecified atom stereocenters. The molecule has 0 aliphatic carbocycles. The van der Waals surface area contributed by atoms with E-state index in [0.717, 1.165) is 12.1 Å². The summed E-state index contributed by atoms with van der Waals surface area (Å²) < 4.78 is 52.3. The van der Waals surface area contributed by atoms with E-state index in [4.69, 9.17) is 0 Å². The maximum atomic E-state index is 13.9. The van der Waals surface area contributed by atoms with Crippen molar-refractivity contribution in [2.45, 2.75) is 19.1 Å². The molecule has 27 heavy (non-hydrogen) atoms. The van der Waals surface area contributed by atoms with Crippen LogP contribution in [0, 0.1) is 0 Å². The fourth-order valence-electron chi connectivity index (χ4n) is 2.88. The molecule has 6 heteroatoms. The minimum absolute atomic E-state index is 0.404. The van der Waals surface area contributed by atoms with Crippen molar-refractivity contribution in [1.29, 1.82) is 0 Å². The summed E-state index contributed by atoms with van der Waals surface area (Å²) in [4.78, 5) is 0. The van der Waals surface area contributed by atoms with Crippen molar-refractivity contribution >= 4 is 17.9 Å². The second kappa shape index (κ2) is 7.71. The van der Waals surface area contributed by atoms with Crippen LogP contribution in [0.3, 0.4) is 0 Å². The van der Waals surface area contributed by atoms with Gasteiger partial charge in [-0.2, -0.15) is 13.2 Å². The highest BCUT2D eigenvalue weighted by molar-refractivity contribution is 7.76. The van der Waals surface area contributed by atoms with Crippen LogP contribution in [0.1, 0.15) is 24.1 Å². The third-order valence-electron chi connectivity index (χ3n) is 4.35. The van der Waals surface area contributed by atoms with Gasteiger partial charge in [-0.25, -0.2) is 0 Å². The standard InChI is InChI=1S/C21H19F3NOP/c1-16(17-12-14-18(15-13-17)21(22,23)24)25-27(26,19-8-4-2-5-9-19)20-10-6-3-7-11-20/h2-16H,1H3,(H,25,26)/t16-/m0/s1. The molecule has 0 amide bonds. The normalized spacial score (nSPS) is 13.3. The van der Waals surface area contributed by atoms with Crippen LogP contribution < -0.4 is 15.7 Å². The highest BCUT2D eigenvalue weighted by Gasteiger charge is 2.31. The van der Waals surface area contributed by atoms with Gasteiger partial charge in [0.25, 0.3) is 0 Å². The zero-order valence-corrected chi connectivity index (χ0v) is 15.5. The van der Waals surface area contributed by atoms with E-state index in [0.29, 0.717) is 16.2 Å². The predicted octanol–water partition coefficient (Wildman–Crippen LogP) is 5.29. The molecule has 0 aliphatic heterocycles.